The maximum atomic E-state index is 12.3. The topological polar surface area (TPSA) is 71.7 Å². The van der Waals surface area contributed by atoms with E-state index in [1.807, 2.05) is 55.9 Å². The number of hydrogen-bond donors (Lipinski definition) is 2. The van der Waals surface area contributed by atoms with Gasteiger partial charge in [-0.15, -0.1) is 0 Å². The molecule has 2 N–H and O–H groups in total. The highest BCUT2D eigenvalue weighted by Gasteiger charge is 2.19. The number of nitrogens with one attached hydrogen (secondary N) is 2. The molecule has 2 rings (SSSR count). The van der Waals surface area contributed by atoms with Gasteiger partial charge < -0.3 is 15.1 Å². The van der Waals surface area contributed by atoms with E-state index in [1.165, 1.54) is 4.90 Å². The maximum absolute atomic E-state index is 12.3. The Morgan fingerprint density at radius 3 is 2.40 bits per heavy atom. The van der Waals surface area contributed by atoms with Gasteiger partial charge in [0.05, 0.1) is 29.8 Å². The molecule has 0 saturated carbocycles. The molecule has 1 heterocycles. The molecule has 0 aliphatic carbocycles. The summed E-state index contributed by atoms with van der Waals surface area (Å²) in [6.07, 6.45) is 0. The number of likely N-dealkylation sites (N-methyl/N-ethyl adjacent to an activating group) is 2. The van der Waals surface area contributed by atoms with Gasteiger partial charge in [-0.05, 0) is 26.0 Å². The van der Waals surface area contributed by atoms with Gasteiger partial charge in [0.25, 0.3) is 11.8 Å². The zero-order chi connectivity index (χ0) is 18.6. The lowest BCUT2D eigenvalue weighted by molar-refractivity contribution is -0.862. The maximum Gasteiger partial charge on any atom is 0.279 e. The fourth-order valence-corrected chi connectivity index (χ4v) is 2.58. The molecule has 1 aromatic carbocycles. The monoisotopic (exact) mass is 344 g/mol. The smallest absolute Gasteiger partial charge is 0.279 e. The zero-order valence-corrected chi connectivity index (χ0v) is 15.5. The Labute approximate surface area is 148 Å². The van der Waals surface area contributed by atoms with Crippen LogP contribution >= 0.6 is 0 Å². The van der Waals surface area contributed by atoms with Crippen LogP contribution in [0.25, 0.3) is 5.69 Å². The van der Waals surface area contributed by atoms with E-state index < -0.39 is 0 Å². The van der Waals surface area contributed by atoms with Crippen molar-refractivity contribution in [2.75, 3.05) is 39.5 Å². The normalized spacial score (nSPS) is 11.9. The van der Waals surface area contributed by atoms with Crippen LogP contribution < -0.4 is 10.2 Å². The Morgan fingerprint density at radius 2 is 1.80 bits per heavy atom. The second-order valence-corrected chi connectivity index (χ2v) is 6.44. The lowest BCUT2D eigenvalue weighted by Gasteiger charge is -2.16. The van der Waals surface area contributed by atoms with Crippen LogP contribution in [0.2, 0.25) is 0 Å². The number of carbonyl (C=O) groups excluding carboxylic acids is 2. The summed E-state index contributed by atoms with van der Waals surface area (Å²) in [6.45, 7) is 4.29. The second-order valence-electron chi connectivity index (χ2n) is 6.44. The third-order valence-electron chi connectivity index (χ3n) is 3.97. The number of hydrogen-bond acceptors (Lipinski definition) is 3. The number of benzene rings is 1. The molecule has 0 saturated heterocycles. The summed E-state index contributed by atoms with van der Waals surface area (Å²) in [5.74, 6) is -0.141. The first-order valence-electron chi connectivity index (χ1n) is 8.22. The van der Waals surface area contributed by atoms with Crippen LogP contribution in [-0.2, 0) is 9.59 Å². The highest BCUT2D eigenvalue weighted by molar-refractivity contribution is 5.92. The van der Waals surface area contributed by atoms with Gasteiger partial charge in [0.15, 0.2) is 13.1 Å². The molecule has 2 amide bonds. The van der Waals surface area contributed by atoms with Crippen LogP contribution in [-0.4, -0.2) is 60.7 Å². The molecule has 0 fully saturated rings. The summed E-state index contributed by atoms with van der Waals surface area (Å²) in [7, 11) is 5.24. The first kappa shape index (κ1) is 18.7. The first-order valence-corrected chi connectivity index (χ1v) is 8.22. The minimum absolute atomic E-state index is 0.00504. The molecular weight excluding hydrogens is 318 g/mol. The zero-order valence-electron chi connectivity index (χ0n) is 15.5. The van der Waals surface area contributed by atoms with Gasteiger partial charge in [0, 0.05) is 14.1 Å². The number of aromatic nitrogens is 2. The molecule has 25 heavy (non-hydrogen) atoms. The summed E-state index contributed by atoms with van der Waals surface area (Å²) in [6, 6.07) is 9.78. The van der Waals surface area contributed by atoms with Crippen LogP contribution in [0.1, 0.15) is 11.4 Å². The summed E-state index contributed by atoms with van der Waals surface area (Å²) in [5, 5.41) is 7.45. The minimum Gasteiger partial charge on any atom is -0.344 e. The summed E-state index contributed by atoms with van der Waals surface area (Å²) < 4.78 is 1.82. The highest BCUT2D eigenvalue weighted by Crippen LogP contribution is 2.22. The number of nitrogens with zero attached hydrogens (tertiary/aromatic N) is 3. The van der Waals surface area contributed by atoms with Crippen molar-refractivity contribution < 1.29 is 14.5 Å². The van der Waals surface area contributed by atoms with Crippen molar-refractivity contribution >= 4 is 17.5 Å². The molecule has 0 radical (unpaired) electrons. The molecule has 0 spiro atoms. The number of carbonyl (C=O) groups is 2. The lowest BCUT2D eigenvalue weighted by Crippen LogP contribution is -3.11. The molecule has 0 bridgehead atoms. The number of para-hydroxylation sites is 1. The predicted octanol–water partition coefficient (Wildman–Crippen LogP) is 0.0305. The van der Waals surface area contributed by atoms with Gasteiger partial charge in [-0.1, -0.05) is 18.2 Å². The molecule has 1 unspecified atom stereocenters. The van der Waals surface area contributed by atoms with Crippen LogP contribution in [0.3, 0.4) is 0 Å². The predicted molar refractivity (Wildman–Crippen MR) is 97.0 cm³/mol. The van der Waals surface area contributed by atoms with Gasteiger partial charge in [0.2, 0.25) is 0 Å². The SMILES string of the molecule is Cc1nn(-c2ccccc2)c(C)c1NC(=O)C[NH+](C)CC(=O)N(C)C. The Morgan fingerprint density at radius 1 is 1.16 bits per heavy atom. The number of anilines is 1. The highest BCUT2D eigenvalue weighted by atomic mass is 16.2. The molecule has 0 aliphatic heterocycles. The van der Waals surface area contributed by atoms with Crippen LogP contribution in [0.15, 0.2) is 30.3 Å². The van der Waals surface area contributed by atoms with Crippen LogP contribution in [0.4, 0.5) is 5.69 Å². The van der Waals surface area contributed by atoms with E-state index in [4.69, 9.17) is 0 Å². The third kappa shape index (κ3) is 4.67. The summed E-state index contributed by atoms with van der Waals surface area (Å²) in [5.41, 5.74) is 3.30. The van der Waals surface area contributed by atoms with Crippen LogP contribution in [0.5, 0.6) is 0 Å². The Kier molecular flexibility index (Phi) is 5.93. The first-order chi connectivity index (χ1) is 11.8. The molecular formula is C18H26N5O2+. The Balaban J connectivity index is 2.06. The van der Waals surface area contributed by atoms with Crippen molar-refractivity contribution in [3.05, 3.63) is 41.7 Å². The molecule has 2 aromatic rings. The molecule has 7 heteroatoms. The van der Waals surface area contributed by atoms with Crippen molar-refractivity contribution in [1.82, 2.24) is 14.7 Å². The van der Waals surface area contributed by atoms with Crippen molar-refractivity contribution in [2.24, 2.45) is 0 Å². The van der Waals surface area contributed by atoms with E-state index in [2.05, 4.69) is 10.4 Å². The number of rotatable bonds is 6. The lowest BCUT2D eigenvalue weighted by atomic mass is 10.3. The van der Waals surface area contributed by atoms with Crippen molar-refractivity contribution in [1.29, 1.82) is 0 Å². The van der Waals surface area contributed by atoms with Gasteiger partial charge >= 0.3 is 0 Å². The third-order valence-corrected chi connectivity index (χ3v) is 3.97. The Hall–Kier alpha value is -2.67. The molecule has 7 nitrogen and oxygen atoms in total. The summed E-state index contributed by atoms with van der Waals surface area (Å²) in [4.78, 5) is 26.4. The second kappa shape index (κ2) is 7.94. The minimum atomic E-state index is -0.136. The van der Waals surface area contributed by atoms with E-state index in [-0.39, 0.29) is 24.9 Å². The molecule has 1 aromatic heterocycles. The van der Waals surface area contributed by atoms with Gasteiger partial charge in [-0.2, -0.15) is 5.10 Å². The van der Waals surface area contributed by atoms with Gasteiger partial charge in [-0.25, -0.2) is 4.68 Å². The van der Waals surface area contributed by atoms with E-state index in [1.54, 1.807) is 14.1 Å². The molecule has 0 aliphatic rings. The number of amides is 2. The van der Waals surface area contributed by atoms with E-state index >= 15 is 0 Å². The number of quaternary nitrogens is 1. The fourth-order valence-electron chi connectivity index (χ4n) is 2.58. The van der Waals surface area contributed by atoms with Crippen molar-refractivity contribution in [3.63, 3.8) is 0 Å². The molecule has 1 atom stereocenters. The van der Waals surface area contributed by atoms with E-state index in [0.717, 1.165) is 27.7 Å². The average molecular weight is 344 g/mol. The largest absolute Gasteiger partial charge is 0.344 e. The quantitative estimate of drug-likeness (QED) is 0.777. The van der Waals surface area contributed by atoms with Crippen LogP contribution in [0, 0.1) is 13.8 Å². The van der Waals surface area contributed by atoms with Gasteiger partial charge in [0.1, 0.15) is 0 Å². The van der Waals surface area contributed by atoms with Crippen molar-refractivity contribution in [3.8, 4) is 5.69 Å². The standard InChI is InChI=1S/C18H25N5O2/c1-13-18(14(2)23(20-13)15-9-7-6-8-10-15)19-16(24)11-22(5)12-17(25)21(3)4/h6-10H,11-12H2,1-5H3,(H,19,24)/p+1. The Bertz CT molecular complexity index is 752. The van der Waals surface area contributed by atoms with Crippen molar-refractivity contribution in [2.45, 2.75) is 13.8 Å². The summed E-state index contributed by atoms with van der Waals surface area (Å²) >= 11 is 0. The van der Waals surface area contributed by atoms with E-state index in [0.29, 0.717) is 0 Å². The fraction of sp³-hybridized carbons (Fsp3) is 0.389. The average Bonchev–Trinajstić information content (AvgIpc) is 2.83. The van der Waals surface area contributed by atoms with Gasteiger partial charge in [-0.3, -0.25) is 9.59 Å². The number of aryl methyl sites for hydroxylation is 1. The van der Waals surface area contributed by atoms with E-state index in [9.17, 15) is 9.59 Å². The molecule has 134 valence electrons.